The number of esters is 2. The van der Waals surface area contributed by atoms with E-state index in [0.29, 0.717) is 29.8 Å². The molecule has 1 heterocycles. The number of nitro groups is 1. The first-order valence-corrected chi connectivity index (χ1v) is 20.9. The van der Waals surface area contributed by atoms with Gasteiger partial charge in [0.2, 0.25) is 0 Å². The first-order chi connectivity index (χ1) is 31.0. The van der Waals surface area contributed by atoms with E-state index in [2.05, 4.69) is 24.8 Å². The maximum Gasteiger partial charge on any atom is 0.408 e. The Labute approximate surface area is 386 Å². The lowest BCUT2D eigenvalue weighted by Gasteiger charge is -2.27. The van der Waals surface area contributed by atoms with Gasteiger partial charge >= 0.3 is 30.0 Å². The van der Waals surface area contributed by atoms with Crippen molar-refractivity contribution in [3.63, 3.8) is 0 Å². The number of amides is 1. The van der Waals surface area contributed by atoms with Crippen molar-refractivity contribution >= 4 is 87.9 Å². The lowest BCUT2D eigenvalue weighted by molar-refractivity contribution is -0.384. The number of methoxy groups -OCH3 is 2. The normalized spacial score (nSPS) is 14.8. The molecule has 0 atom stereocenters. The fourth-order valence-corrected chi connectivity index (χ4v) is 6.77. The molecule has 19 nitrogen and oxygen atoms in total. The molecule has 0 spiro atoms. The average Bonchev–Trinajstić information content (AvgIpc) is 4.04. The Morgan fingerprint density at radius 2 is 1.32 bits per heavy atom. The highest BCUT2D eigenvalue weighted by Gasteiger charge is 2.43. The molecular formula is C46H56ClN7O12. The number of aromatic amines is 1. The average molecular weight is 934 g/mol. The summed E-state index contributed by atoms with van der Waals surface area (Å²) >= 11 is 5.57. The van der Waals surface area contributed by atoms with Crippen molar-refractivity contribution in [1.82, 2.24) is 15.3 Å². The molecule has 2 saturated carbocycles. The third-order valence-electron chi connectivity index (χ3n) is 10.0. The number of rotatable bonds is 10. The molecule has 2 fully saturated rings. The van der Waals surface area contributed by atoms with Gasteiger partial charge in [-0.25, -0.2) is 29.0 Å². The number of carbonyl (C=O) groups is 5. The molecule has 20 heteroatoms. The molecule has 0 radical (unpaired) electrons. The smallest absolute Gasteiger partial charge is 0.408 e. The quantitative estimate of drug-likeness (QED) is 0.0199. The number of aliphatic carboxylic acids is 2. The van der Waals surface area contributed by atoms with Gasteiger partial charge < -0.3 is 51.9 Å². The van der Waals surface area contributed by atoms with E-state index in [1.807, 2.05) is 18.2 Å². The van der Waals surface area contributed by atoms with E-state index >= 15 is 0 Å². The van der Waals surface area contributed by atoms with Crippen LogP contribution in [0.1, 0.15) is 94.7 Å². The third kappa shape index (κ3) is 16.7. The van der Waals surface area contributed by atoms with E-state index in [1.54, 1.807) is 51.1 Å². The highest BCUT2D eigenvalue weighted by molar-refractivity contribution is 6.32. The number of imidazole rings is 1. The minimum absolute atomic E-state index is 0.0208. The van der Waals surface area contributed by atoms with Gasteiger partial charge in [0, 0.05) is 24.3 Å². The number of hydrogen-bond donors (Lipinski definition) is 7. The Morgan fingerprint density at radius 3 is 1.83 bits per heavy atom. The van der Waals surface area contributed by atoms with Crippen molar-refractivity contribution in [2.75, 3.05) is 25.7 Å². The summed E-state index contributed by atoms with van der Waals surface area (Å²) in [5, 5.41) is 30.5. The first-order valence-electron chi connectivity index (χ1n) is 20.6. The molecule has 4 aromatic rings. The van der Waals surface area contributed by atoms with Gasteiger partial charge in [-0.2, -0.15) is 0 Å². The molecule has 0 aliphatic heterocycles. The zero-order valence-electron chi connectivity index (χ0n) is 37.3. The Hall–Kier alpha value is -7.25. The van der Waals surface area contributed by atoms with Gasteiger partial charge in [0.05, 0.1) is 47.1 Å². The summed E-state index contributed by atoms with van der Waals surface area (Å²) in [5.74, 6) is -2.00. The van der Waals surface area contributed by atoms with Crippen LogP contribution in [0, 0.1) is 10.1 Å². The Bertz CT molecular complexity index is 2460. The number of halogens is 1. The monoisotopic (exact) mass is 933 g/mol. The number of nitrogens with zero attached hydrogens (tertiary/aromatic N) is 2. The van der Waals surface area contributed by atoms with Gasteiger partial charge in [0.25, 0.3) is 5.69 Å². The summed E-state index contributed by atoms with van der Waals surface area (Å²) in [4.78, 5) is 72.6. The molecule has 1 amide bonds. The maximum absolute atomic E-state index is 11.5. The number of benzene rings is 3. The van der Waals surface area contributed by atoms with Gasteiger partial charge in [-0.15, -0.1) is 0 Å². The van der Waals surface area contributed by atoms with E-state index in [-0.39, 0.29) is 22.2 Å². The number of aromatic nitrogens is 2. The minimum atomic E-state index is -1.12. The number of alkyl carbamates (subject to hydrolysis) is 1. The van der Waals surface area contributed by atoms with Crippen LogP contribution in [-0.2, 0) is 38.9 Å². The van der Waals surface area contributed by atoms with Gasteiger partial charge in [0.1, 0.15) is 22.0 Å². The van der Waals surface area contributed by atoms with Crippen molar-refractivity contribution in [2.24, 2.45) is 5.73 Å². The number of fused-ring (bicyclic) bond motifs is 1. The predicted octanol–water partition coefficient (Wildman–Crippen LogP) is 7.77. The lowest BCUT2D eigenvalue weighted by Crippen LogP contribution is -2.53. The summed E-state index contributed by atoms with van der Waals surface area (Å²) in [6.45, 7) is 5.23. The van der Waals surface area contributed by atoms with E-state index in [4.69, 9.17) is 43.8 Å². The first kappa shape index (κ1) is 53.1. The second-order valence-corrected chi connectivity index (χ2v) is 16.6. The number of nitrogens with one attached hydrogen (secondary N) is 2. The van der Waals surface area contributed by atoms with Gasteiger partial charge in [-0.3, -0.25) is 10.1 Å². The van der Waals surface area contributed by atoms with Crippen molar-refractivity contribution in [1.29, 1.82) is 0 Å². The molecule has 3 aromatic carbocycles. The number of anilines is 2. The molecule has 2 aliphatic carbocycles. The summed E-state index contributed by atoms with van der Waals surface area (Å²) in [6.07, 6.45) is 14.4. The van der Waals surface area contributed by atoms with E-state index in [0.717, 1.165) is 72.6 Å². The number of nitrogens with two attached hydrogens (primary N) is 3. The van der Waals surface area contributed by atoms with Gasteiger partial charge in [0.15, 0.2) is 0 Å². The summed E-state index contributed by atoms with van der Waals surface area (Å²) in [6, 6.07) is 15.0. The zero-order valence-corrected chi connectivity index (χ0v) is 38.1. The molecular weight excluding hydrogens is 878 g/mol. The molecule has 10 N–H and O–H groups in total. The molecule has 0 saturated heterocycles. The second kappa shape index (κ2) is 24.2. The number of nitrogen functional groups attached to an aromatic ring is 2. The number of carbonyl (C=O) groups excluding carboxylic acids is 3. The van der Waals surface area contributed by atoms with Crippen LogP contribution in [0.25, 0.3) is 29.3 Å². The molecule has 2 aliphatic rings. The Balaban J connectivity index is 0.000000237. The number of carboxylic acids is 2. The number of H-pyrrole nitrogens is 1. The van der Waals surface area contributed by atoms with Gasteiger partial charge in [-0.05, 0) is 112 Å². The molecule has 0 unspecified atom stereocenters. The van der Waals surface area contributed by atoms with Crippen LogP contribution in [-0.4, -0.2) is 80.4 Å². The van der Waals surface area contributed by atoms with Crippen LogP contribution in [0.3, 0.4) is 0 Å². The lowest BCUT2D eigenvalue weighted by atomic mass is 9.98. The number of hydrogen-bond acceptors (Lipinski definition) is 14. The highest BCUT2D eigenvalue weighted by Crippen LogP contribution is 2.36. The summed E-state index contributed by atoms with van der Waals surface area (Å²) in [5.41, 5.74) is 20.2. The fraction of sp³-hybridized carbons (Fsp3) is 0.348. The third-order valence-corrected chi connectivity index (χ3v) is 10.3. The summed E-state index contributed by atoms with van der Waals surface area (Å²) in [7, 11) is 2.68. The van der Waals surface area contributed by atoms with Crippen LogP contribution >= 0.6 is 11.6 Å². The minimum Gasteiger partial charge on any atom is -0.480 e. The van der Waals surface area contributed by atoms with Crippen molar-refractivity contribution in [3.8, 4) is 0 Å². The van der Waals surface area contributed by atoms with Crippen LogP contribution in [0.15, 0.2) is 72.8 Å². The highest BCUT2D eigenvalue weighted by atomic mass is 35.5. The summed E-state index contributed by atoms with van der Waals surface area (Å²) < 4.78 is 14.1. The number of ether oxygens (including phenoxy) is 3. The molecule has 1 aromatic heterocycles. The Morgan fingerprint density at radius 1 is 0.803 bits per heavy atom. The van der Waals surface area contributed by atoms with E-state index in [9.17, 15) is 34.1 Å². The maximum atomic E-state index is 11.5. The molecule has 66 heavy (non-hydrogen) atoms. The SMILES string of the molecule is CC(C)(C)OC(=O)NC1(C(=O)O)CCCC1.COC(=O)/C=C/c1ccc(N)c(N)c1.COC(=O)/C=C/c1ccc2nc(C3(N)CCCC3)[nH]c2c1.O=C(O)/C=C/c1ccc(Cl)c([N+](=O)[O-])c1. The van der Waals surface area contributed by atoms with Gasteiger partial charge in [-0.1, -0.05) is 55.5 Å². The molecule has 354 valence electrons. The van der Waals surface area contributed by atoms with Crippen molar-refractivity contribution in [3.05, 3.63) is 110 Å². The topological polar surface area (TPSA) is 315 Å². The van der Waals surface area contributed by atoms with Crippen LogP contribution in [0.5, 0.6) is 0 Å². The van der Waals surface area contributed by atoms with Crippen LogP contribution < -0.4 is 22.5 Å². The van der Waals surface area contributed by atoms with Crippen molar-refractivity contribution in [2.45, 2.75) is 88.8 Å². The fourth-order valence-electron chi connectivity index (χ4n) is 6.58. The number of nitro benzene ring substituents is 1. The number of carboxylic acid groups (broad SMARTS) is 2. The zero-order chi connectivity index (χ0) is 49.2. The Kier molecular flexibility index (Phi) is 19.4. The standard InChI is InChI=1S/C16H19N3O2.C11H19NO4.C10H12N2O2.C9H6ClNO4/c1-21-14(20)7-5-11-4-6-12-13(10-11)19-15(18-12)16(17)8-2-3-9-16;1-10(2,3)16-9(15)12-11(8(13)14)6-4-5-7-11;1-14-10(13)5-3-7-2-4-8(11)9(12)6-7;10-7-3-1-6(2-4-9(12)13)5-8(7)11(14)15/h4-7,10H,2-3,8-9,17H2,1H3,(H,18,19);4-7H2,1-3H3,(H,12,15)(H,13,14);2-6H,11-12H2,1H3;1-5H,(H,12,13)/b7-5+;;5-3+;4-2+. The second-order valence-electron chi connectivity index (χ2n) is 16.2. The van der Waals surface area contributed by atoms with E-state index in [1.165, 1.54) is 50.6 Å². The van der Waals surface area contributed by atoms with Crippen molar-refractivity contribution < 1.29 is 53.3 Å². The molecule has 6 rings (SSSR count). The molecule has 0 bridgehead atoms. The predicted molar refractivity (Wildman–Crippen MR) is 251 cm³/mol. The van der Waals surface area contributed by atoms with Crippen LogP contribution in [0.2, 0.25) is 5.02 Å². The largest absolute Gasteiger partial charge is 0.480 e. The van der Waals surface area contributed by atoms with Crippen LogP contribution in [0.4, 0.5) is 21.9 Å². The van der Waals surface area contributed by atoms with E-state index < -0.39 is 40.1 Å².